The van der Waals surface area contributed by atoms with E-state index in [1.807, 2.05) is 45.0 Å². The van der Waals surface area contributed by atoms with Crippen molar-refractivity contribution in [1.82, 2.24) is 10.3 Å². The largest absolute Gasteiger partial charge is 0.348 e. The Morgan fingerprint density at radius 3 is 2.46 bits per heavy atom. The van der Waals surface area contributed by atoms with Crippen molar-refractivity contribution in [3.05, 3.63) is 70.4 Å². The summed E-state index contributed by atoms with van der Waals surface area (Å²) in [6.45, 7) is 5.90. The number of carbonyl (C=O) groups excluding carboxylic acids is 2. The fraction of sp³-hybridized carbons (Fsp3) is 0.227. The van der Waals surface area contributed by atoms with E-state index in [9.17, 15) is 9.59 Å². The number of pyridine rings is 1. The lowest BCUT2D eigenvalue weighted by molar-refractivity contribution is -0.118. The van der Waals surface area contributed by atoms with Crippen LogP contribution in [-0.2, 0) is 11.3 Å². The van der Waals surface area contributed by atoms with Crippen LogP contribution in [0.1, 0.15) is 35.5 Å². The maximum absolute atomic E-state index is 12.9. The zero-order valence-corrected chi connectivity index (χ0v) is 16.8. The Hall–Kier alpha value is -2.92. The Labute approximate surface area is 169 Å². The topological polar surface area (TPSA) is 71.1 Å². The Morgan fingerprint density at radius 1 is 1.07 bits per heavy atom. The van der Waals surface area contributed by atoms with Crippen molar-refractivity contribution < 1.29 is 9.59 Å². The molecule has 0 bridgehead atoms. The van der Waals surface area contributed by atoms with E-state index in [1.54, 1.807) is 24.3 Å². The van der Waals surface area contributed by atoms with E-state index >= 15 is 0 Å². The highest BCUT2D eigenvalue weighted by atomic mass is 35.5. The lowest BCUT2D eigenvalue weighted by atomic mass is 10.0. The van der Waals surface area contributed by atoms with Gasteiger partial charge in [-0.25, -0.2) is 0 Å². The lowest BCUT2D eigenvalue weighted by Crippen LogP contribution is -2.24. The molecule has 3 rings (SSSR count). The van der Waals surface area contributed by atoms with Crippen LogP contribution in [0.4, 0.5) is 5.69 Å². The first-order valence-corrected chi connectivity index (χ1v) is 9.46. The summed E-state index contributed by atoms with van der Waals surface area (Å²) in [7, 11) is 0. The summed E-state index contributed by atoms with van der Waals surface area (Å²) in [5, 5.41) is 7.16. The van der Waals surface area contributed by atoms with Gasteiger partial charge in [0, 0.05) is 34.3 Å². The Balaban J connectivity index is 1.91. The maximum Gasteiger partial charge on any atom is 0.252 e. The van der Waals surface area contributed by atoms with Gasteiger partial charge in [0.2, 0.25) is 5.91 Å². The first-order chi connectivity index (χ1) is 13.3. The second-order valence-corrected chi connectivity index (χ2v) is 7.43. The molecule has 1 heterocycles. The van der Waals surface area contributed by atoms with Crippen molar-refractivity contribution in [3.8, 4) is 0 Å². The normalized spacial score (nSPS) is 10.9. The second-order valence-electron chi connectivity index (χ2n) is 7.00. The fourth-order valence-electron chi connectivity index (χ4n) is 2.76. The van der Waals surface area contributed by atoms with Gasteiger partial charge in [-0.2, -0.15) is 0 Å². The van der Waals surface area contributed by atoms with Gasteiger partial charge >= 0.3 is 0 Å². The number of aryl methyl sites for hydroxylation is 1. The highest BCUT2D eigenvalue weighted by molar-refractivity contribution is 6.30. The number of aromatic nitrogens is 1. The summed E-state index contributed by atoms with van der Waals surface area (Å²) < 4.78 is 0. The van der Waals surface area contributed by atoms with Crippen molar-refractivity contribution in [1.29, 1.82) is 0 Å². The van der Waals surface area contributed by atoms with E-state index < -0.39 is 0 Å². The zero-order valence-electron chi connectivity index (χ0n) is 16.0. The molecule has 6 heteroatoms. The molecule has 144 valence electrons. The van der Waals surface area contributed by atoms with Crippen LogP contribution in [0.5, 0.6) is 0 Å². The van der Waals surface area contributed by atoms with Crippen molar-refractivity contribution in [3.63, 3.8) is 0 Å². The lowest BCUT2D eigenvalue weighted by Gasteiger charge is -2.13. The van der Waals surface area contributed by atoms with Crippen LogP contribution in [0.25, 0.3) is 10.9 Å². The molecule has 0 atom stereocenters. The fourth-order valence-corrected chi connectivity index (χ4v) is 2.89. The summed E-state index contributed by atoms with van der Waals surface area (Å²) in [5.74, 6) is -0.505. The Kier molecular flexibility index (Phi) is 5.95. The van der Waals surface area contributed by atoms with Crippen molar-refractivity contribution >= 4 is 40.0 Å². The molecule has 0 fully saturated rings. The summed E-state index contributed by atoms with van der Waals surface area (Å²) >= 11 is 5.90. The molecule has 28 heavy (non-hydrogen) atoms. The molecular formula is C22H22ClN3O2. The SMILES string of the molecule is Cc1ccc2c(C(=O)NCc3ccc(Cl)cc3)cc(NC(=O)C(C)C)cc2n1. The predicted molar refractivity (Wildman–Crippen MR) is 113 cm³/mol. The average molecular weight is 396 g/mol. The third kappa shape index (κ3) is 4.67. The molecule has 1 aromatic heterocycles. The minimum Gasteiger partial charge on any atom is -0.348 e. The van der Waals surface area contributed by atoms with Gasteiger partial charge in [-0.15, -0.1) is 0 Å². The first-order valence-electron chi connectivity index (χ1n) is 9.08. The number of fused-ring (bicyclic) bond motifs is 1. The molecule has 0 radical (unpaired) electrons. The molecule has 2 aromatic carbocycles. The van der Waals surface area contributed by atoms with Gasteiger partial charge in [-0.3, -0.25) is 14.6 Å². The van der Waals surface area contributed by atoms with Gasteiger partial charge in [0.25, 0.3) is 5.91 Å². The van der Waals surface area contributed by atoms with Gasteiger partial charge in [-0.1, -0.05) is 43.6 Å². The van der Waals surface area contributed by atoms with E-state index in [0.29, 0.717) is 28.3 Å². The maximum atomic E-state index is 12.9. The predicted octanol–water partition coefficient (Wildman–Crippen LogP) is 4.72. The number of nitrogens with one attached hydrogen (secondary N) is 2. The minimum absolute atomic E-state index is 0.112. The molecule has 2 amide bonds. The molecule has 0 spiro atoms. The smallest absolute Gasteiger partial charge is 0.252 e. The molecule has 0 saturated carbocycles. The van der Waals surface area contributed by atoms with E-state index in [-0.39, 0.29) is 17.7 Å². The monoisotopic (exact) mass is 395 g/mol. The molecule has 2 N–H and O–H groups in total. The van der Waals surface area contributed by atoms with Crippen LogP contribution in [0, 0.1) is 12.8 Å². The van der Waals surface area contributed by atoms with Crippen LogP contribution >= 0.6 is 11.6 Å². The summed E-state index contributed by atoms with van der Waals surface area (Å²) in [5.41, 5.74) is 3.48. The van der Waals surface area contributed by atoms with Crippen LogP contribution in [0.2, 0.25) is 5.02 Å². The summed E-state index contributed by atoms with van der Waals surface area (Å²) in [6, 6.07) is 14.5. The Bertz CT molecular complexity index is 1030. The Morgan fingerprint density at radius 2 is 1.79 bits per heavy atom. The van der Waals surface area contributed by atoms with Gasteiger partial charge in [0.15, 0.2) is 0 Å². The van der Waals surface area contributed by atoms with Crippen LogP contribution < -0.4 is 10.6 Å². The molecule has 3 aromatic rings. The number of anilines is 1. The standard InChI is InChI=1S/C22H22ClN3O2/c1-13(2)21(27)26-17-10-19(18-9-4-14(3)25-20(18)11-17)22(28)24-12-15-5-7-16(23)8-6-15/h4-11,13H,12H2,1-3H3,(H,24,28)(H,26,27). The number of halogens is 1. The van der Waals surface area contributed by atoms with E-state index in [1.165, 1.54) is 0 Å². The summed E-state index contributed by atoms with van der Waals surface area (Å²) in [4.78, 5) is 29.5. The van der Waals surface area contributed by atoms with Crippen LogP contribution in [-0.4, -0.2) is 16.8 Å². The molecule has 5 nitrogen and oxygen atoms in total. The second kappa shape index (κ2) is 8.40. The number of benzene rings is 2. The van der Waals surface area contributed by atoms with Crippen molar-refractivity contribution in [2.24, 2.45) is 5.92 Å². The number of hydrogen-bond donors (Lipinski definition) is 2. The van der Waals surface area contributed by atoms with Gasteiger partial charge < -0.3 is 10.6 Å². The average Bonchev–Trinajstić information content (AvgIpc) is 2.66. The third-order valence-corrected chi connectivity index (χ3v) is 4.60. The first kappa shape index (κ1) is 19.8. The number of rotatable bonds is 5. The van der Waals surface area contributed by atoms with Crippen molar-refractivity contribution in [2.75, 3.05) is 5.32 Å². The zero-order chi connectivity index (χ0) is 20.3. The number of amides is 2. The van der Waals surface area contributed by atoms with E-state index in [4.69, 9.17) is 11.6 Å². The van der Waals surface area contributed by atoms with Gasteiger partial charge in [0.1, 0.15) is 0 Å². The highest BCUT2D eigenvalue weighted by Crippen LogP contribution is 2.24. The molecule has 0 saturated heterocycles. The van der Waals surface area contributed by atoms with Crippen LogP contribution in [0.3, 0.4) is 0 Å². The number of carbonyl (C=O) groups is 2. The molecule has 0 aliphatic carbocycles. The molecule has 0 unspecified atom stereocenters. The number of nitrogens with zero attached hydrogens (tertiary/aromatic N) is 1. The summed E-state index contributed by atoms with van der Waals surface area (Å²) in [6.07, 6.45) is 0. The van der Waals surface area contributed by atoms with Crippen LogP contribution in [0.15, 0.2) is 48.5 Å². The van der Waals surface area contributed by atoms with Gasteiger partial charge in [0.05, 0.1) is 11.1 Å². The number of hydrogen-bond acceptors (Lipinski definition) is 3. The van der Waals surface area contributed by atoms with Gasteiger partial charge in [-0.05, 0) is 42.8 Å². The molecule has 0 aliphatic heterocycles. The molecule has 0 aliphatic rings. The quantitative estimate of drug-likeness (QED) is 0.656. The van der Waals surface area contributed by atoms with E-state index in [2.05, 4.69) is 15.6 Å². The minimum atomic E-state index is -0.230. The highest BCUT2D eigenvalue weighted by Gasteiger charge is 2.15. The van der Waals surface area contributed by atoms with E-state index in [0.717, 1.165) is 16.6 Å². The molecular weight excluding hydrogens is 374 g/mol. The third-order valence-electron chi connectivity index (χ3n) is 4.35. The van der Waals surface area contributed by atoms with Crippen molar-refractivity contribution in [2.45, 2.75) is 27.3 Å².